The van der Waals surface area contributed by atoms with Gasteiger partial charge in [-0.05, 0) is 38.1 Å². The molecule has 3 aromatic rings. The number of nitrogens with one attached hydrogen (secondary N) is 2. The summed E-state index contributed by atoms with van der Waals surface area (Å²) in [6.07, 6.45) is 5.07. The summed E-state index contributed by atoms with van der Waals surface area (Å²) >= 11 is 0. The molecule has 4 rings (SSSR count). The van der Waals surface area contributed by atoms with Gasteiger partial charge in [0.2, 0.25) is 5.91 Å². The van der Waals surface area contributed by atoms with Gasteiger partial charge >= 0.3 is 0 Å². The molecule has 4 N–H and O–H groups in total. The van der Waals surface area contributed by atoms with E-state index in [1.165, 1.54) is 6.92 Å². The number of nitrogen functional groups attached to an aromatic ring is 1. The van der Waals surface area contributed by atoms with Gasteiger partial charge in [-0.2, -0.15) is 5.10 Å². The van der Waals surface area contributed by atoms with Crippen LogP contribution in [0.1, 0.15) is 19.8 Å². The SMILES string of the molecule is CC(=O)Nc1cn2nc(-c3cnc(N)c(OC4CCNCC4)n3)ccc2n1. The Labute approximate surface area is 155 Å². The van der Waals surface area contributed by atoms with E-state index in [4.69, 9.17) is 10.5 Å². The zero-order chi connectivity index (χ0) is 18.8. The van der Waals surface area contributed by atoms with Crippen molar-refractivity contribution in [3.05, 3.63) is 24.5 Å². The highest BCUT2D eigenvalue weighted by Gasteiger charge is 2.18. The van der Waals surface area contributed by atoms with E-state index in [-0.39, 0.29) is 17.8 Å². The zero-order valence-electron chi connectivity index (χ0n) is 14.8. The quantitative estimate of drug-likeness (QED) is 0.618. The molecular formula is C17H20N8O2. The minimum Gasteiger partial charge on any atom is -0.472 e. The fraction of sp³-hybridized carbons (Fsp3) is 0.353. The number of amides is 1. The highest BCUT2D eigenvalue weighted by atomic mass is 16.5. The van der Waals surface area contributed by atoms with Crippen LogP contribution >= 0.6 is 0 Å². The summed E-state index contributed by atoms with van der Waals surface area (Å²) < 4.78 is 7.53. The molecule has 1 amide bonds. The van der Waals surface area contributed by atoms with E-state index in [2.05, 4.69) is 30.7 Å². The van der Waals surface area contributed by atoms with Crippen molar-refractivity contribution in [3.63, 3.8) is 0 Å². The summed E-state index contributed by atoms with van der Waals surface area (Å²) in [6.45, 7) is 3.25. The lowest BCUT2D eigenvalue weighted by Crippen LogP contribution is -2.34. The predicted molar refractivity (Wildman–Crippen MR) is 99.2 cm³/mol. The maximum absolute atomic E-state index is 11.2. The van der Waals surface area contributed by atoms with Crippen molar-refractivity contribution in [1.29, 1.82) is 0 Å². The van der Waals surface area contributed by atoms with Gasteiger partial charge in [0, 0.05) is 6.92 Å². The summed E-state index contributed by atoms with van der Waals surface area (Å²) in [7, 11) is 0. The Hall–Kier alpha value is -3.27. The lowest BCUT2D eigenvalue weighted by molar-refractivity contribution is -0.114. The van der Waals surface area contributed by atoms with Crippen molar-refractivity contribution in [2.24, 2.45) is 0 Å². The van der Waals surface area contributed by atoms with Crippen LogP contribution in [-0.2, 0) is 4.79 Å². The molecule has 1 aliphatic rings. The van der Waals surface area contributed by atoms with Gasteiger partial charge in [0.05, 0.1) is 12.4 Å². The molecule has 0 aromatic carbocycles. The molecule has 0 atom stereocenters. The zero-order valence-corrected chi connectivity index (χ0v) is 14.8. The number of carbonyl (C=O) groups is 1. The fourth-order valence-electron chi connectivity index (χ4n) is 2.92. The standard InChI is InChI=1S/C17H20N8O2/c1-10(26)21-14-9-25-15(23-14)3-2-12(24-25)13-8-20-16(18)17(22-13)27-11-4-6-19-7-5-11/h2-3,8-9,11,19H,4-7H2,1H3,(H2,18,20)(H,21,26). The van der Waals surface area contributed by atoms with Crippen LogP contribution in [-0.4, -0.2) is 49.7 Å². The molecule has 0 aliphatic carbocycles. The number of nitrogens with zero attached hydrogens (tertiary/aromatic N) is 5. The molecule has 0 saturated carbocycles. The molecule has 1 aliphatic heterocycles. The number of rotatable bonds is 4. The molecule has 1 saturated heterocycles. The Bertz CT molecular complexity index is 980. The molecule has 27 heavy (non-hydrogen) atoms. The Kier molecular flexibility index (Phi) is 4.55. The van der Waals surface area contributed by atoms with Crippen molar-refractivity contribution >= 4 is 23.2 Å². The number of ether oxygens (including phenoxy) is 1. The number of aromatic nitrogens is 5. The van der Waals surface area contributed by atoms with Gasteiger partial charge in [-0.25, -0.2) is 19.5 Å². The second-order valence-electron chi connectivity index (χ2n) is 6.34. The molecular weight excluding hydrogens is 348 g/mol. The third-order valence-corrected chi connectivity index (χ3v) is 4.22. The van der Waals surface area contributed by atoms with Crippen LogP contribution in [0.25, 0.3) is 17.0 Å². The predicted octanol–water partition coefficient (Wildman–Crippen LogP) is 0.858. The number of carbonyl (C=O) groups excluding carboxylic acids is 1. The van der Waals surface area contributed by atoms with Crippen LogP contribution in [0.5, 0.6) is 5.88 Å². The van der Waals surface area contributed by atoms with Crippen LogP contribution < -0.4 is 21.1 Å². The molecule has 0 radical (unpaired) electrons. The largest absolute Gasteiger partial charge is 0.472 e. The second-order valence-corrected chi connectivity index (χ2v) is 6.34. The van der Waals surface area contributed by atoms with Gasteiger partial charge in [0.1, 0.15) is 17.5 Å². The molecule has 0 unspecified atom stereocenters. The molecule has 10 heteroatoms. The first-order valence-corrected chi connectivity index (χ1v) is 8.73. The van der Waals surface area contributed by atoms with Crippen LogP contribution in [0.15, 0.2) is 24.5 Å². The number of anilines is 2. The fourth-order valence-corrected chi connectivity index (χ4v) is 2.92. The van der Waals surface area contributed by atoms with Crippen molar-refractivity contribution < 1.29 is 9.53 Å². The van der Waals surface area contributed by atoms with Gasteiger partial charge in [0.15, 0.2) is 17.3 Å². The molecule has 0 spiro atoms. The first kappa shape index (κ1) is 17.2. The van der Waals surface area contributed by atoms with E-state index >= 15 is 0 Å². The van der Waals surface area contributed by atoms with E-state index in [1.54, 1.807) is 29.0 Å². The van der Waals surface area contributed by atoms with E-state index < -0.39 is 0 Å². The first-order chi connectivity index (χ1) is 13.1. The number of hydrogen-bond acceptors (Lipinski definition) is 8. The van der Waals surface area contributed by atoms with Gasteiger partial charge in [-0.15, -0.1) is 0 Å². The van der Waals surface area contributed by atoms with E-state index in [1.807, 2.05) is 0 Å². The number of piperidine rings is 1. The number of fused-ring (bicyclic) bond motifs is 1. The van der Waals surface area contributed by atoms with Crippen LogP contribution in [0, 0.1) is 0 Å². The molecule has 10 nitrogen and oxygen atoms in total. The Morgan fingerprint density at radius 2 is 2.11 bits per heavy atom. The first-order valence-electron chi connectivity index (χ1n) is 8.73. The Balaban J connectivity index is 1.62. The molecule has 0 bridgehead atoms. The van der Waals surface area contributed by atoms with E-state index in [0.717, 1.165) is 25.9 Å². The van der Waals surface area contributed by atoms with Crippen molar-refractivity contribution in [2.75, 3.05) is 24.1 Å². The van der Waals surface area contributed by atoms with E-state index in [9.17, 15) is 4.79 Å². The average molecular weight is 368 g/mol. The van der Waals surface area contributed by atoms with Crippen LogP contribution in [0.3, 0.4) is 0 Å². The lowest BCUT2D eigenvalue weighted by atomic mass is 10.1. The van der Waals surface area contributed by atoms with Crippen molar-refractivity contribution in [2.45, 2.75) is 25.9 Å². The maximum Gasteiger partial charge on any atom is 0.258 e. The Morgan fingerprint density at radius 3 is 2.89 bits per heavy atom. The lowest BCUT2D eigenvalue weighted by Gasteiger charge is -2.23. The summed E-state index contributed by atoms with van der Waals surface area (Å²) in [6, 6.07) is 3.58. The number of imidazole rings is 1. The van der Waals surface area contributed by atoms with Gasteiger partial charge in [-0.1, -0.05) is 0 Å². The summed E-state index contributed by atoms with van der Waals surface area (Å²) in [5.41, 5.74) is 7.68. The molecule has 4 heterocycles. The normalized spacial score (nSPS) is 15.0. The van der Waals surface area contributed by atoms with Crippen molar-refractivity contribution in [3.8, 4) is 17.3 Å². The van der Waals surface area contributed by atoms with Crippen LogP contribution in [0.2, 0.25) is 0 Å². The summed E-state index contributed by atoms with van der Waals surface area (Å²) in [4.78, 5) is 24.2. The van der Waals surface area contributed by atoms with E-state index in [0.29, 0.717) is 28.7 Å². The Morgan fingerprint density at radius 1 is 1.30 bits per heavy atom. The average Bonchev–Trinajstić information content (AvgIpc) is 3.05. The smallest absolute Gasteiger partial charge is 0.258 e. The van der Waals surface area contributed by atoms with Gasteiger partial charge in [0.25, 0.3) is 5.88 Å². The molecule has 140 valence electrons. The number of hydrogen-bond donors (Lipinski definition) is 3. The monoisotopic (exact) mass is 368 g/mol. The van der Waals surface area contributed by atoms with Crippen molar-refractivity contribution in [1.82, 2.24) is 29.9 Å². The summed E-state index contributed by atoms with van der Waals surface area (Å²) in [5.74, 6) is 0.827. The van der Waals surface area contributed by atoms with Crippen LogP contribution in [0.4, 0.5) is 11.6 Å². The highest BCUT2D eigenvalue weighted by Crippen LogP contribution is 2.24. The minimum absolute atomic E-state index is 0.0717. The maximum atomic E-state index is 11.2. The van der Waals surface area contributed by atoms with Gasteiger partial charge in [-0.3, -0.25) is 4.79 Å². The minimum atomic E-state index is -0.192. The third-order valence-electron chi connectivity index (χ3n) is 4.22. The third kappa shape index (κ3) is 3.80. The number of nitrogens with two attached hydrogens (primary N) is 1. The summed E-state index contributed by atoms with van der Waals surface area (Å²) in [5, 5.41) is 10.4. The highest BCUT2D eigenvalue weighted by molar-refractivity contribution is 5.87. The second kappa shape index (κ2) is 7.16. The van der Waals surface area contributed by atoms with Gasteiger partial charge < -0.3 is 21.1 Å². The molecule has 3 aromatic heterocycles. The topological polar surface area (TPSA) is 132 Å². The molecule has 1 fully saturated rings.